The van der Waals surface area contributed by atoms with E-state index < -0.39 is 48.1 Å². The minimum Gasteiger partial charge on any atom is -0.481 e. The minimum atomic E-state index is -1.21. The fraction of sp³-hybridized carbons (Fsp3) is 0.474. The molecule has 0 saturated carbocycles. The number of hydrogen-bond acceptors (Lipinski definition) is 5. The van der Waals surface area contributed by atoms with Gasteiger partial charge in [0.25, 0.3) is 0 Å². The van der Waals surface area contributed by atoms with E-state index in [0.717, 1.165) is 5.56 Å². The van der Waals surface area contributed by atoms with Gasteiger partial charge in [-0.25, -0.2) is 0 Å². The Morgan fingerprint density at radius 2 is 1.56 bits per heavy atom. The number of nitrogens with two attached hydrogens (primary N) is 1. The van der Waals surface area contributed by atoms with Crippen LogP contribution in [0.3, 0.4) is 0 Å². The monoisotopic (exact) mass is 377 g/mol. The van der Waals surface area contributed by atoms with Crippen LogP contribution in [0.4, 0.5) is 0 Å². The molecule has 0 fully saturated rings. The molecule has 0 aliphatic carbocycles. The number of Topliss-reactive ketones (excluding diaryl/α,β-unsaturated/α-hetero) is 1. The maximum absolute atomic E-state index is 12.7. The predicted molar refractivity (Wildman–Crippen MR) is 99.8 cm³/mol. The number of hydrogen-bond donors (Lipinski definition) is 4. The SMILES string of the molecule is CC(=O)C(CC(=O)O)NC(=O)C(Cc1ccccc1)NC(=O)C(N)C(C)C. The largest absolute Gasteiger partial charge is 0.481 e. The van der Waals surface area contributed by atoms with Crippen molar-refractivity contribution in [2.24, 2.45) is 11.7 Å². The summed E-state index contributed by atoms with van der Waals surface area (Å²) in [6, 6.07) is 6.08. The predicted octanol–water partition coefficient (Wildman–Crippen LogP) is 0.246. The van der Waals surface area contributed by atoms with Crippen LogP contribution in [0, 0.1) is 5.92 Å². The Kier molecular flexibility index (Phi) is 8.61. The molecule has 1 aromatic carbocycles. The molecule has 2 amide bonds. The van der Waals surface area contributed by atoms with Gasteiger partial charge in [0.1, 0.15) is 6.04 Å². The van der Waals surface area contributed by atoms with Crippen molar-refractivity contribution in [1.29, 1.82) is 0 Å². The van der Waals surface area contributed by atoms with Crippen molar-refractivity contribution in [2.45, 2.75) is 51.7 Å². The van der Waals surface area contributed by atoms with Crippen LogP contribution in [0.25, 0.3) is 0 Å². The highest BCUT2D eigenvalue weighted by molar-refractivity contribution is 5.94. The molecule has 3 unspecified atom stereocenters. The van der Waals surface area contributed by atoms with Crippen molar-refractivity contribution in [1.82, 2.24) is 10.6 Å². The maximum Gasteiger partial charge on any atom is 0.305 e. The van der Waals surface area contributed by atoms with Crippen molar-refractivity contribution < 1.29 is 24.3 Å². The van der Waals surface area contributed by atoms with Crippen LogP contribution in [0.1, 0.15) is 32.8 Å². The van der Waals surface area contributed by atoms with E-state index >= 15 is 0 Å². The second-order valence-corrected chi connectivity index (χ2v) is 6.79. The van der Waals surface area contributed by atoms with Crippen LogP contribution in [-0.4, -0.2) is 46.8 Å². The van der Waals surface area contributed by atoms with Gasteiger partial charge in [-0.3, -0.25) is 19.2 Å². The summed E-state index contributed by atoms with van der Waals surface area (Å²) >= 11 is 0. The third-order valence-electron chi connectivity index (χ3n) is 4.12. The van der Waals surface area contributed by atoms with E-state index in [9.17, 15) is 19.2 Å². The lowest BCUT2D eigenvalue weighted by Gasteiger charge is -2.24. The summed E-state index contributed by atoms with van der Waals surface area (Å²) in [6.07, 6.45) is -0.348. The molecule has 0 bridgehead atoms. The Labute approximate surface area is 158 Å². The number of carbonyl (C=O) groups is 4. The number of aliphatic carboxylic acids is 1. The topological polar surface area (TPSA) is 139 Å². The molecule has 0 radical (unpaired) electrons. The summed E-state index contributed by atoms with van der Waals surface area (Å²) in [5.41, 5.74) is 6.64. The van der Waals surface area contributed by atoms with Gasteiger partial charge in [-0.05, 0) is 18.4 Å². The first-order chi connectivity index (χ1) is 12.6. The zero-order valence-corrected chi connectivity index (χ0v) is 15.8. The Morgan fingerprint density at radius 3 is 2.04 bits per heavy atom. The van der Waals surface area contributed by atoms with Crippen molar-refractivity contribution in [3.63, 3.8) is 0 Å². The first-order valence-corrected chi connectivity index (χ1v) is 8.74. The standard InChI is InChI=1S/C19H27N3O5/c1-11(2)17(20)19(27)22-15(9-13-7-5-4-6-8-13)18(26)21-14(12(3)23)10-16(24)25/h4-8,11,14-15,17H,9-10,20H2,1-3H3,(H,21,26)(H,22,27)(H,24,25). The van der Waals surface area contributed by atoms with Gasteiger partial charge in [0.05, 0.1) is 18.5 Å². The zero-order valence-electron chi connectivity index (χ0n) is 15.8. The highest BCUT2D eigenvalue weighted by Gasteiger charge is 2.28. The van der Waals surface area contributed by atoms with Gasteiger partial charge in [-0.1, -0.05) is 44.2 Å². The van der Waals surface area contributed by atoms with Crippen LogP contribution >= 0.6 is 0 Å². The molecule has 0 aliphatic rings. The molecular formula is C19H27N3O5. The first kappa shape index (κ1) is 22.3. The zero-order chi connectivity index (χ0) is 20.6. The number of amides is 2. The third kappa shape index (κ3) is 7.57. The molecule has 1 aromatic rings. The molecule has 0 heterocycles. The van der Waals surface area contributed by atoms with Gasteiger partial charge in [0.2, 0.25) is 11.8 Å². The van der Waals surface area contributed by atoms with Crippen LogP contribution < -0.4 is 16.4 Å². The van der Waals surface area contributed by atoms with Crippen LogP contribution in [0.15, 0.2) is 30.3 Å². The number of carboxylic acids is 1. The fourth-order valence-corrected chi connectivity index (χ4v) is 2.37. The Balaban J connectivity index is 2.97. The Hall–Kier alpha value is -2.74. The first-order valence-electron chi connectivity index (χ1n) is 8.74. The summed E-state index contributed by atoms with van der Waals surface area (Å²) in [5.74, 6) is -2.93. The number of benzene rings is 1. The molecule has 5 N–H and O–H groups in total. The van der Waals surface area contributed by atoms with Crippen LogP contribution in [-0.2, 0) is 25.6 Å². The summed E-state index contributed by atoms with van der Waals surface area (Å²) in [5, 5.41) is 13.9. The summed E-state index contributed by atoms with van der Waals surface area (Å²) in [7, 11) is 0. The molecule has 27 heavy (non-hydrogen) atoms. The van der Waals surface area contributed by atoms with Crippen molar-refractivity contribution in [3.8, 4) is 0 Å². The highest BCUT2D eigenvalue weighted by atomic mass is 16.4. The van der Waals surface area contributed by atoms with Gasteiger partial charge in [0, 0.05) is 6.42 Å². The lowest BCUT2D eigenvalue weighted by molar-refractivity contribution is -0.140. The van der Waals surface area contributed by atoms with Crippen LogP contribution in [0.5, 0.6) is 0 Å². The number of nitrogens with one attached hydrogen (secondary N) is 2. The quantitative estimate of drug-likeness (QED) is 0.461. The maximum atomic E-state index is 12.7. The normalized spacial score (nSPS) is 14.1. The smallest absolute Gasteiger partial charge is 0.305 e. The molecule has 0 saturated heterocycles. The van der Waals surface area contributed by atoms with Crippen molar-refractivity contribution >= 4 is 23.6 Å². The number of rotatable bonds is 10. The lowest BCUT2D eigenvalue weighted by atomic mass is 10.0. The molecule has 0 aromatic heterocycles. The van der Waals surface area contributed by atoms with Gasteiger partial charge in [0.15, 0.2) is 5.78 Å². The van der Waals surface area contributed by atoms with Gasteiger partial charge < -0.3 is 21.5 Å². The third-order valence-corrected chi connectivity index (χ3v) is 4.12. The van der Waals surface area contributed by atoms with Crippen LogP contribution in [0.2, 0.25) is 0 Å². The molecule has 8 heteroatoms. The van der Waals surface area contributed by atoms with Gasteiger partial charge in [-0.2, -0.15) is 0 Å². The summed E-state index contributed by atoms with van der Waals surface area (Å²) < 4.78 is 0. The second kappa shape index (κ2) is 10.4. The molecule has 3 atom stereocenters. The van der Waals surface area contributed by atoms with E-state index in [4.69, 9.17) is 10.8 Å². The lowest BCUT2D eigenvalue weighted by Crippen LogP contribution is -2.56. The second-order valence-electron chi connectivity index (χ2n) is 6.79. The molecule has 0 spiro atoms. The Morgan fingerprint density at radius 1 is 1.00 bits per heavy atom. The van der Waals surface area contributed by atoms with Crippen molar-refractivity contribution in [2.75, 3.05) is 0 Å². The highest BCUT2D eigenvalue weighted by Crippen LogP contribution is 2.06. The molecule has 148 valence electrons. The molecular weight excluding hydrogens is 350 g/mol. The minimum absolute atomic E-state index is 0.123. The molecule has 0 aliphatic heterocycles. The van der Waals surface area contributed by atoms with E-state index in [0.29, 0.717) is 0 Å². The van der Waals surface area contributed by atoms with Gasteiger partial charge in [-0.15, -0.1) is 0 Å². The van der Waals surface area contributed by atoms with E-state index in [1.54, 1.807) is 38.1 Å². The van der Waals surface area contributed by atoms with E-state index in [2.05, 4.69) is 10.6 Å². The van der Waals surface area contributed by atoms with E-state index in [1.807, 2.05) is 6.07 Å². The average molecular weight is 377 g/mol. The fourth-order valence-electron chi connectivity index (χ4n) is 2.37. The van der Waals surface area contributed by atoms with E-state index in [-0.39, 0.29) is 12.3 Å². The summed E-state index contributed by atoms with van der Waals surface area (Å²) in [6.45, 7) is 4.78. The van der Waals surface area contributed by atoms with E-state index in [1.165, 1.54) is 6.92 Å². The average Bonchev–Trinajstić information content (AvgIpc) is 2.59. The molecule has 1 rings (SSSR count). The van der Waals surface area contributed by atoms with Crippen molar-refractivity contribution in [3.05, 3.63) is 35.9 Å². The summed E-state index contributed by atoms with van der Waals surface area (Å²) in [4.78, 5) is 47.5. The number of ketones is 1. The Bertz CT molecular complexity index is 675. The molecule has 8 nitrogen and oxygen atoms in total. The number of carbonyl (C=O) groups excluding carboxylic acids is 3. The van der Waals surface area contributed by atoms with Gasteiger partial charge >= 0.3 is 5.97 Å². The number of carboxylic acid groups (broad SMARTS) is 1.